The molecule has 0 aliphatic rings. The van der Waals surface area contributed by atoms with E-state index in [1.54, 1.807) is 19.1 Å². The molecule has 0 fully saturated rings. The zero-order valence-electron chi connectivity index (χ0n) is 10.9. The number of carboxylic acids is 1. The Bertz CT molecular complexity index is 477. The zero-order chi connectivity index (χ0) is 14.3. The molecule has 0 spiro atoms. The lowest BCUT2D eigenvalue weighted by Crippen LogP contribution is -2.30. The fourth-order valence-electron chi connectivity index (χ4n) is 1.40. The third-order valence-electron chi connectivity index (χ3n) is 2.46. The van der Waals surface area contributed by atoms with Gasteiger partial charge in [-0.3, -0.25) is 0 Å². The van der Waals surface area contributed by atoms with Crippen LogP contribution in [0.15, 0.2) is 36.0 Å². The van der Waals surface area contributed by atoms with Gasteiger partial charge in [-0.1, -0.05) is 19.1 Å². The first-order valence-electron chi connectivity index (χ1n) is 6.02. The highest BCUT2D eigenvalue weighted by molar-refractivity contribution is 6.12. The van der Waals surface area contributed by atoms with Crippen molar-refractivity contribution in [2.45, 2.75) is 20.3 Å². The second kappa shape index (κ2) is 7.20. The summed E-state index contributed by atoms with van der Waals surface area (Å²) in [5.41, 5.74) is 1.31. The van der Waals surface area contributed by atoms with Crippen molar-refractivity contribution in [2.24, 2.45) is 0 Å². The molecule has 0 saturated heterocycles. The predicted molar refractivity (Wildman–Crippen MR) is 69.2 cm³/mol. The summed E-state index contributed by atoms with van der Waals surface area (Å²) in [6, 6.07) is 7.43. The molecule has 5 heteroatoms. The van der Waals surface area contributed by atoms with Crippen LogP contribution in [-0.4, -0.2) is 18.5 Å². The Morgan fingerprint density at radius 3 is 2.37 bits per heavy atom. The number of ether oxygens (including phenoxy) is 1. The summed E-state index contributed by atoms with van der Waals surface area (Å²) >= 11 is 0. The Balaban J connectivity index is 2.79. The van der Waals surface area contributed by atoms with Gasteiger partial charge in [0.2, 0.25) is 0 Å². The lowest BCUT2D eigenvalue weighted by molar-refractivity contribution is -0.299. The van der Waals surface area contributed by atoms with E-state index in [0.29, 0.717) is 5.69 Å². The number of carbonyl (C=O) groups excluding carboxylic acids is 2. The van der Waals surface area contributed by atoms with Gasteiger partial charge in [0.05, 0.1) is 18.1 Å². The number of hydrogen-bond acceptors (Lipinski definition) is 5. The number of esters is 1. The molecule has 102 valence electrons. The van der Waals surface area contributed by atoms with Gasteiger partial charge in [0.25, 0.3) is 0 Å². The van der Waals surface area contributed by atoms with Crippen molar-refractivity contribution in [3.8, 4) is 0 Å². The summed E-state index contributed by atoms with van der Waals surface area (Å²) in [6.07, 6.45) is 2.00. The van der Waals surface area contributed by atoms with E-state index in [0.717, 1.165) is 12.6 Å². The number of nitrogens with one attached hydrogen (secondary N) is 1. The Kier molecular flexibility index (Phi) is 5.60. The molecule has 0 amide bonds. The van der Waals surface area contributed by atoms with Crippen LogP contribution in [0.25, 0.3) is 0 Å². The van der Waals surface area contributed by atoms with E-state index >= 15 is 0 Å². The molecular formula is C14H16NO4-. The first-order valence-corrected chi connectivity index (χ1v) is 6.02. The van der Waals surface area contributed by atoms with Crippen LogP contribution in [-0.2, 0) is 20.7 Å². The van der Waals surface area contributed by atoms with Crippen LogP contribution in [0.1, 0.15) is 19.4 Å². The van der Waals surface area contributed by atoms with Gasteiger partial charge in [0.1, 0.15) is 0 Å². The number of anilines is 1. The molecule has 0 heterocycles. The van der Waals surface area contributed by atoms with Gasteiger partial charge >= 0.3 is 5.97 Å². The standard InChI is InChI=1S/C14H17NO4/c1-3-10-5-7-11(8-6-10)15-9-12(13(16)17)14(18)19-4-2/h5-9,15H,3-4H2,1-2H3,(H,16,17)/p-1. The minimum Gasteiger partial charge on any atom is -0.544 e. The number of carboxylic acid groups (broad SMARTS) is 1. The average Bonchev–Trinajstić information content (AvgIpc) is 2.39. The zero-order valence-corrected chi connectivity index (χ0v) is 10.9. The molecule has 0 atom stereocenters. The normalized spacial score (nSPS) is 10.9. The molecule has 1 N–H and O–H groups in total. The fraction of sp³-hybridized carbons (Fsp3) is 0.286. The molecule has 0 aromatic heterocycles. The van der Waals surface area contributed by atoms with E-state index in [1.165, 1.54) is 5.56 Å². The number of benzene rings is 1. The summed E-state index contributed by atoms with van der Waals surface area (Å²) in [5, 5.41) is 13.6. The maximum atomic E-state index is 11.4. The Morgan fingerprint density at radius 1 is 1.26 bits per heavy atom. The molecule has 0 aliphatic carbocycles. The quantitative estimate of drug-likeness (QED) is 0.356. The molecule has 1 rings (SSSR count). The number of hydrogen-bond donors (Lipinski definition) is 1. The van der Waals surface area contributed by atoms with Gasteiger partial charge in [0.15, 0.2) is 0 Å². The van der Waals surface area contributed by atoms with Crippen LogP contribution in [0.2, 0.25) is 0 Å². The highest BCUT2D eigenvalue weighted by Gasteiger charge is 2.11. The summed E-state index contributed by atoms with van der Waals surface area (Å²) in [5.74, 6) is -2.49. The Hall–Kier alpha value is -2.30. The maximum Gasteiger partial charge on any atom is 0.341 e. The van der Waals surface area contributed by atoms with Gasteiger partial charge in [-0.2, -0.15) is 0 Å². The van der Waals surface area contributed by atoms with Crippen molar-refractivity contribution in [1.29, 1.82) is 0 Å². The maximum absolute atomic E-state index is 11.4. The number of rotatable bonds is 6. The Morgan fingerprint density at radius 2 is 1.89 bits per heavy atom. The summed E-state index contributed by atoms with van der Waals surface area (Å²) in [4.78, 5) is 22.2. The third-order valence-corrected chi connectivity index (χ3v) is 2.46. The van der Waals surface area contributed by atoms with Crippen LogP contribution in [0.4, 0.5) is 5.69 Å². The molecule has 0 saturated carbocycles. The van der Waals surface area contributed by atoms with E-state index in [4.69, 9.17) is 0 Å². The molecule has 0 radical (unpaired) electrons. The van der Waals surface area contributed by atoms with Crippen molar-refractivity contribution < 1.29 is 19.4 Å². The van der Waals surface area contributed by atoms with Crippen LogP contribution in [0.3, 0.4) is 0 Å². The van der Waals surface area contributed by atoms with Gasteiger partial charge in [-0.15, -0.1) is 0 Å². The van der Waals surface area contributed by atoms with Crippen molar-refractivity contribution in [2.75, 3.05) is 11.9 Å². The smallest absolute Gasteiger partial charge is 0.341 e. The van der Waals surface area contributed by atoms with Gasteiger partial charge < -0.3 is 20.0 Å². The number of aliphatic carboxylic acids is 1. The van der Waals surface area contributed by atoms with Gasteiger partial charge in [-0.25, -0.2) is 4.79 Å². The summed E-state index contributed by atoms with van der Waals surface area (Å²) < 4.78 is 4.62. The molecule has 5 nitrogen and oxygen atoms in total. The van der Waals surface area contributed by atoms with Crippen LogP contribution < -0.4 is 10.4 Å². The van der Waals surface area contributed by atoms with Crippen molar-refractivity contribution in [3.63, 3.8) is 0 Å². The van der Waals surface area contributed by atoms with E-state index < -0.39 is 17.5 Å². The topological polar surface area (TPSA) is 78.5 Å². The monoisotopic (exact) mass is 262 g/mol. The van der Waals surface area contributed by atoms with E-state index in [1.807, 2.05) is 19.1 Å². The first-order chi connectivity index (χ1) is 9.08. The van der Waals surface area contributed by atoms with E-state index in [2.05, 4.69) is 10.1 Å². The van der Waals surface area contributed by atoms with Crippen LogP contribution in [0, 0.1) is 0 Å². The minimum atomic E-state index is -1.57. The number of aryl methyl sites for hydroxylation is 1. The second-order valence-corrected chi connectivity index (χ2v) is 3.76. The third kappa shape index (κ3) is 4.46. The predicted octanol–water partition coefficient (Wildman–Crippen LogP) is 0.858. The van der Waals surface area contributed by atoms with Crippen molar-refractivity contribution in [3.05, 3.63) is 41.6 Å². The molecule has 1 aromatic rings. The first kappa shape index (κ1) is 14.8. The fourth-order valence-corrected chi connectivity index (χ4v) is 1.40. The average molecular weight is 262 g/mol. The highest BCUT2D eigenvalue weighted by Crippen LogP contribution is 2.10. The number of carbonyl (C=O) groups is 2. The molecule has 19 heavy (non-hydrogen) atoms. The minimum absolute atomic E-state index is 0.106. The van der Waals surface area contributed by atoms with Crippen LogP contribution >= 0.6 is 0 Å². The molecule has 0 unspecified atom stereocenters. The SMILES string of the molecule is CCOC(=O)C(=CNc1ccc(CC)cc1)C(=O)[O-]. The van der Waals surface area contributed by atoms with Crippen molar-refractivity contribution in [1.82, 2.24) is 0 Å². The largest absolute Gasteiger partial charge is 0.544 e. The molecule has 0 aliphatic heterocycles. The van der Waals surface area contributed by atoms with Crippen LogP contribution in [0.5, 0.6) is 0 Å². The lowest BCUT2D eigenvalue weighted by Gasteiger charge is -2.09. The lowest BCUT2D eigenvalue weighted by atomic mass is 10.1. The molecule has 1 aromatic carbocycles. The summed E-state index contributed by atoms with van der Waals surface area (Å²) in [6.45, 7) is 3.74. The van der Waals surface area contributed by atoms with Crippen molar-refractivity contribution >= 4 is 17.6 Å². The summed E-state index contributed by atoms with van der Waals surface area (Å²) in [7, 11) is 0. The Labute approximate surface area is 111 Å². The van der Waals surface area contributed by atoms with Gasteiger partial charge in [0, 0.05) is 11.9 Å². The highest BCUT2D eigenvalue weighted by atomic mass is 16.5. The molecular weight excluding hydrogens is 246 g/mol. The second-order valence-electron chi connectivity index (χ2n) is 3.76. The molecule has 0 bridgehead atoms. The van der Waals surface area contributed by atoms with E-state index in [-0.39, 0.29) is 6.61 Å². The van der Waals surface area contributed by atoms with Gasteiger partial charge in [-0.05, 0) is 31.0 Å². The van der Waals surface area contributed by atoms with E-state index in [9.17, 15) is 14.7 Å².